The van der Waals surface area contributed by atoms with Crippen molar-refractivity contribution in [3.8, 4) is 0 Å². The molecule has 1 aromatic heterocycles. The smallest absolute Gasteiger partial charge is 0.223 e. The predicted octanol–water partition coefficient (Wildman–Crippen LogP) is 2.02. The minimum absolute atomic E-state index is 0.00546. The van der Waals surface area contributed by atoms with Gasteiger partial charge in [-0.05, 0) is 25.6 Å². The summed E-state index contributed by atoms with van der Waals surface area (Å²) in [6.45, 7) is 1.55. The summed E-state index contributed by atoms with van der Waals surface area (Å²) in [6, 6.07) is 3.87. The summed E-state index contributed by atoms with van der Waals surface area (Å²) in [5, 5.41) is 5.81. The Labute approximate surface area is 136 Å². The Morgan fingerprint density at radius 1 is 1.21 bits per heavy atom. The molecule has 0 unspecified atom stereocenters. The number of anilines is 4. The number of nitrogens with two attached hydrogens (primary N) is 1. The van der Waals surface area contributed by atoms with Crippen LogP contribution in [0.15, 0.2) is 18.2 Å². The van der Waals surface area contributed by atoms with Crippen LogP contribution in [0, 0.1) is 17.5 Å². The van der Waals surface area contributed by atoms with Crippen LogP contribution in [0.1, 0.15) is 6.42 Å². The van der Waals surface area contributed by atoms with Gasteiger partial charge in [0.2, 0.25) is 5.95 Å². The van der Waals surface area contributed by atoms with E-state index < -0.39 is 17.5 Å². The molecule has 0 spiro atoms. The highest BCUT2D eigenvalue weighted by atomic mass is 19.2. The standard InChI is InChI=1S/C15H17F3N6/c1-20-8-4-5-24(7-8)12-6-11(22-15(19)23-12)21-10-3-2-9(16)13(17)14(10)18/h2-3,6,8,20H,4-5,7H2,1H3,(H3,19,21,22,23)/t8-/m1/s1. The SMILES string of the molecule is CN[C@@H]1CCN(c2cc(Nc3ccc(F)c(F)c3F)nc(N)n2)C1. The van der Waals surface area contributed by atoms with Crippen LogP contribution in [0.4, 0.5) is 36.4 Å². The Balaban J connectivity index is 1.86. The molecule has 3 rings (SSSR count). The molecule has 2 aromatic rings. The quantitative estimate of drug-likeness (QED) is 0.740. The fourth-order valence-electron chi connectivity index (χ4n) is 2.64. The summed E-state index contributed by atoms with van der Waals surface area (Å²) >= 11 is 0. The van der Waals surface area contributed by atoms with Crippen LogP contribution in [0.25, 0.3) is 0 Å². The van der Waals surface area contributed by atoms with Crippen molar-refractivity contribution >= 4 is 23.3 Å². The molecule has 6 nitrogen and oxygen atoms in total. The van der Waals surface area contributed by atoms with E-state index in [1.165, 1.54) is 0 Å². The van der Waals surface area contributed by atoms with Crippen LogP contribution < -0.4 is 21.3 Å². The molecule has 0 aliphatic carbocycles. The molecular formula is C15H17F3N6. The molecule has 1 aliphatic heterocycles. The van der Waals surface area contributed by atoms with Gasteiger partial charge in [-0.15, -0.1) is 0 Å². The van der Waals surface area contributed by atoms with Gasteiger partial charge in [-0.25, -0.2) is 13.2 Å². The molecule has 0 bridgehead atoms. The molecule has 0 radical (unpaired) electrons. The molecular weight excluding hydrogens is 321 g/mol. The Hall–Kier alpha value is -2.55. The van der Waals surface area contributed by atoms with Crippen molar-refractivity contribution in [1.29, 1.82) is 0 Å². The molecule has 1 aliphatic rings. The Kier molecular flexibility index (Phi) is 4.43. The molecule has 0 saturated carbocycles. The average molecular weight is 338 g/mol. The van der Waals surface area contributed by atoms with Crippen molar-refractivity contribution in [2.24, 2.45) is 0 Å². The lowest BCUT2D eigenvalue weighted by Crippen LogP contribution is -2.30. The summed E-state index contributed by atoms with van der Waals surface area (Å²) in [5.74, 6) is -3.31. The molecule has 0 amide bonds. The lowest BCUT2D eigenvalue weighted by molar-refractivity contribution is 0.449. The second-order valence-corrected chi connectivity index (χ2v) is 5.54. The first kappa shape index (κ1) is 16.3. The number of benzene rings is 1. The van der Waals surface area contributed by atoms with Gasteiger partial charge in [0, 0.05) is 25.2 Å². The second-order valence-electron chi connectivity index (χ2n) is 5.54. The molecule has 24 heavy (non-hydrogen) atoms. The Bertz CT molecular complexity index is 754. The number of hydrogen-bond acceptors (Lipinski definition) is 6. The normalized spacial score (nSPS) is 17.3. The fraction of sp³-hybridized carbons (Fsp3) is 0.333. The number of nitrogens with one attached hydrogen (secondary N) is 2. The fourth-order valence-corrected chi connectivity index (χ4v) is 2.64. The van der Waals surface area contributed by atoms with Gasteiger partial charge >= 0.3 is 0 Å². The number of halogens is 3. The topological polar surface area (TPSA) is 79.1 Å². The zero-order valence-corrected chi connectivity index (χ0v) is 13.0. The largest absolute Gasteiger partial charge is 0.368 e. The number of aromatic nitrogens is 2. The molecule has 1 saturated heterocycles. The van der Waals surface area contributed by atoms with E-state index in [1.807, 2.05) is 11.9 Å². The summed E-state index contributed by atoms with van der Waals surface area (Å²) < 4.78 is 40.1. The van der Waals surface area contributed by atoms with Crippen molar-refractivity contribution in [2.45, 2.75) is 12.5 Å². The number of likely N-dealkylation sites (N-methyl/N-ethyl adjacent to an activating group) is 1. The van der Waals surface area contributed by atoms with Crippen LogP contribution >= 0.6 is 0 Å². The lowest BCUT2D eigenvalue weighted by Gasteiger charge is -2.18. The maximum atomic E-state index is 13.8. The van der Waals surface area contributed by atoms with Crippen molar-refractivity contribution in [1.82, 2.24) is 15.3 Å². The van der Waals surface area contributed by atoms with Gasteiger partial charge < -0.3 is 21.3 Å². The van der Waals surface area contributed by atoms with E-state index in [4.69, 9.17) is 5.73 Å². The number of nitrogen functional groups attached to an aromatic ring is 1. The van der Waals surface area contributed by atoms with Gasteiger partial charge in [-0.3, -0.25) is 0 Å². The maximum absolute atomic E-state index is 13.8. The Morgan fingerprint density at radius 3 is 2.71 bits per heavy atom. The highest BCUT2D eigenvalue weighted by Crippen LogP contribution is 2.26. The van der Waals surface area contributed by atoms with E-state index in [1.54, 1.807) is 6.07 Å². The second kappa shape index (κ2) is 6.52. The first-order valence-electron chi connectivity index (χ1n) is 7.45. The van der Waals surface area contributed by atoms with Gasteiger partial charge in [0.1, 0.15) is 11.6 Å². The molecule has 128 valence electrons. The van der Waals surface area contributed by atoms with Crippen molar-refractivity contribution in [3.05, 3.63) is 35.7 Å². The van der Waals surface area contributed by atoms with Crippen LogP contribution in [0.5, 0.6) is 0 Å². The lowest BCUT2D eigenvalue weighted by atomic mass is 10.2. The predicted molar refractivity (Wildman–Crippen MR) is 85.7 cm³/mol. The monoisotopic (exact) mass is 338 g/mol. The third kappa shape index (κ3) is 3.21. The summed E-state index contributed by atoms with van der Waals surface area (Å²) in [4.78, 5) is 10.2. The van der Waals surface area contributed by atoms with Crippen molar-refractivity contribution in [3.63, 3.8) is 0 Å². The minimum Gasteiger partial charge on any atom is -0.368 e. The third-order valence-electron chi connectivity index (χ3n) is 3.95. The van der Waals surface area contributed by atoms with Gasteiger partial charge in [0.25, 0.3) is 0 Å². The third-order valence-corrected chi connectivity index (χ3v) is 3.95. The molecule has 1 aromatic carbocycles. The molecule has 2 heterocycles. The van der Waals surface area contributed by atoms with E-state index in [0.717, 1.165) is 31.6 Å². The highest BCUT2D eigenvalue weighted by Gasteiger charge is 2.23. The molecule has 1 fully saturated rings. The van der Waals surface area contributed by atoms with Crippen LogP contribution in [-0.4, -0.2) is 36.1 Å². The molecule has 9 heteroatoms. The van der Waals surface area contributed by atoms with E-state index in [-0.39, 0.29) is 17.5 Å². The number of rotatable bonds is 4. The van der Waals surface area contributed by atoms with Crippen LogP contribution in [0.2, 0.25) is 0 Å². The van der Waals surface area contributed by atoms with Gasteiger partial charge in [-0.1, -0.05) is 0 Å². The van der Waals surface area contributed by atoms with Crippen molar-refractivity contribution in [2.75, 3.05) is 36.1 Å². The van der Waals surface area contributed by atoms with Crippen LogP contribution in [0.3, 0.4) is 0 Å². The Morgan fingerprint density at radius 2 is 2.00 bits per heavy atom. The highest BCUT2D eigenvalue weighted by molar-refractivity contribution is 5.62. The first-order valence-corrected chi connectivity index (χ1v) is 7.45. The summed E-state index contributed by atoms with van der Waals surface area (Å²) in [6.07, 6.45) is 0.959. The minimum atomic E-state index is -1.54. The van der Waals surface area contributed by atoms with Gasteiger partial charge in [0.15, 0.2) is 17.5 Å². The van der Waals surface area contributed by atoms with Gasteiger partial charge in [0.05, 0.1) is 5.69 Å². The van der Waals surface area contributed by atoms with E-state index in [0.29, 0.717) is 11.9 Å². The maximum Gasteiger partial charge on any atom is 0.223 e. The summed E-state index contributed by atoms with van der Waals surface area (Å²) in [7, 11) is 1.89. The van der Waals surface area contributed by atoms with E-state index in [9.17, 15) is 13.2 Å². The summed E-state index contributed by atoms with van der Waals surface area (Å²) in [5.41, 5.74) is 5.48. The van der Waals surface area contributed by atoms with Crippen molar-refractivity contribution < 1.29 is 13.2 Å². The zero-order chi connectivity index (χ0) is 17.3. The van der Waals surface area contributed by atoms with E-state index >= 15 is 0 Å². The zero-order valence-electron chi connectivity index (χ0n) is 13.0. The first-order chi connectivity index (χ1) is 11.5. The van der Waals surface area contributed by atoms with E-state index in [2.05, 4.69) is 20.6 Å². The molecule has 4 N–H and O–H groups in total. The molecule has 1 atom stereocenters. The average Bonchev–Trinajstić information content (AvgIpc) is 3.04. The van der Waals surface area contributed by atoms with Crippen LogP contribution in [-0.2, 0) is 0 Å². The van der Waals surface area contributed by atoms with Gasteiger partial charge in [-0.2, -0.15) is 9.97 Å². The number of hydrogen-bond donors (Lipinski definition) is 3. The number of nitrogens with zero attached hydrogens (tertiary/aromatic N) is 3.